The minimum Gasteiger partial charge on any atom is -0.493 e. The molecule has 3 aromatic rings. The summed E-state index contributed by atoms with van der Waals surface area (Å²) < 4.78 is 7.32. The number of carbonyl (C=O) groups excluding carboxylic acids is 1. The predicted molar refractivity (Wildman–Crippen MR) is 103 cm³/mol. The van der Waals surface area contributed by atoms with E-state index in [1.807, 2.05) is 19.1 Å². The van der Waals surface area contributed by atoms with E-state index in [0.29, 0.717) is 30.3 Å². The SMILES string of the molecule is CCOc1ccccc1C(=O)Nc1ccnn1Cc1ccc(CC)cc1. The smallest absolute Gasteiger partial charge is 0.260 e. The lowest BCUT2D eigenvalue weighted by molar-refractivity contribution is 0.102. The van der Waals surface area contributed by atoms with E-state index in [9.17, 15) is 4.79 Å². The normalized spacial score (nSPS) is 10.5. The number of benzene rings is 2. The first-order valence-electron chi connectivity index (χ1n) is 8.84. The molecule has 1 heterocycles. The largest absolute Gasteiger partial charge is 0.493 e. The summed E-state index contributed by atoms with van der Waals surface area (Å²) in [6, 6.07) is 17.4. The van der Waals surface area contributed by atoms with Gasteiger partial charge in [-0.15, -0.1) is 0 Å². The van der Waals surface area contributed by atoms with Crippen LogP contribution in [0.1, 0.15) is 35.3 Å². The first kappa shape index (κ1) is 17.7. The average Bonchev–Trinajstić information content (AvgIpc) is 3.09. The van der Waals surface area contributed by atoms with E-state index in [2.05, 4.69) is 41.6 Å². The Labute approximate surface area is 153 Å². The fourth-order valence-corrected chi connectivity index (χ4v) is 2.74. The number of carbonyl (C=O) groups is 1. The molecule has 0 unspecified atom stereocenters. The van der Waals surface area contributed by atoms with Crippen LogP contribution in [0, 0.1) is 0 Å². The van der Waals surface area contributed by atoms with Crippen LogP contribution in [-0.4, -0.2) is 22.3 Å². The number of para-hydroxylation sites is 1. The molecule has 0 atom stereocenters. The Balaban J connectivity index is 1.75. The molecule has 3 rings (SSSR count). The third-order valence-electron chi connectivity index (χ3n) is 4.15. The van der Waals surface area contributed by atoms with Gasteiger partial charge in [0.25, 0.3) is 5.91 Å². The van der Waals surface area contributed by atoms with Crippen molar-refractivity contribution in [1.82, 2.24) is 9.78 Å². The van der Waals surface area contributed by atoms with E-state index in [-0.39, 0.29) is 5.91 Å². The highest BCUT2D eigenvalue weighted by molar-refractivity contribution is 6.05. The van der Waals surface area contributed by atoms with Gasteiger partial charge in [0, 0.05) is 6.07 Å². The Hall–Kier alpha value is -3.08. The van der Waals surface area contributed by atoms with E-state index in [1.54, 1.807) is 29.1 Å². The number of rotatable bonds is 7. The maximum atomic E-state index is 12.7. The fraction of sp³-hybridized carbons (Fsp3) is 0.238. The Morgan fingerprint density at radius 1 is 1.04 bits per heavy atom. The van der Waals surface area contributed by atoms with Gasteiger partial charge in [-0.05, 0) is 36.6 Å². The van der Waals surface area contributed by atoms with Crippen molar-refractivity contribution in [2.45, 2.75) is 26.8 Å². The molecule has 5 nitrogen and oxygen atoms in total. The highest BCUT2D eigenvalue weighted by Crippen LogP contribution is 2.20. The fourth-order valence-electron chi connectivity index (χ4n) is 2.74. The number of hydrogen-bond donors (Lipinski definition) is 1. The molecule has 134 valence electrons. The molecule has 0 spiro atoms. The monoisotopic (exact) mass is 349 g/mol. The van der Waals surface area contributed by atoms with E-state index in [1.165, 1.54) is 5.56 Å². The Kier molecular flexibility index (Phi) is 5.69. The zero-order valence-corrected chi connectivity index (χ0v) is 15.1. The van der Waals surface area contributed by atoms with E-state index in [0.717, 1.165) is 12.0 Å². The van der Waals surface area contributed by atoms with Crippen LogP contribution in [0.5, 0.6) is 5.75 Å². The van der Waals surface area contributed by atoms with Gasteiger partial charge >= 0.3 is 0 Å². The molecule has 0 aliphatic heterocycles. The molecule has 2 aromatic carbocycles. The summed E-state index contributed by atoms with van der Waals surface area (Å²) in [6.45, 7) is 5.14. The summed E-state index contributed by atoms with van der Waals surface area (Å²) >= 11 is 0. The molecule has 0 fully saturated rings. The van der Waals surface area contributed by atoms with Crippen LogP contribution in [0.3, 0.4) is 0 Å². The lowest BCUT2D eigenvalue weighted by atomic mass is 10.1. The zero-order valence-electron chi connectivity index (χ0n) is 15.1. The number of nitrogens with one attached hydrogen (secondary N) is 1. The lowest BCUT2D eigenvalue weighted by Gasteiger charge is -2.12. The number of hydrogen-bond acceptors (Lipinski definition) is 3. The van der Waals surface area contributed by atoms with Gasteiger partial charge in [0.1, 0.15) is 11.6 Å². The van der Waals surface area contributed by atoms with Crippen molar-refractivity contribution in [3.05, 3.63) is 77.5 Å². The van der Waals surface area contributed by atoms with Gasteiger partial charge in [0.15, 0.2) is 0 Å². The summed E-state index contributed by atoms with van der Waals surface area (Å²) in [5, 5.41) is 7.26. The van der Waals surface area contributed by atoms with Crippen LogP contribution < -0.4 is 10.1 Å². The molecule has 0 aliphatic carbocycles. The van der Waals surface area contributed by atoms with Gasteiger partial charge in [0.05, 0.1) is 24.9 Å². The van der Waals surface area contributed by atoms with Gasteiger partial charge in [-0.2, -0.15) is 5.10 Å². The maximum Gasteiger partial charge on any atom is 0.260 e. The molecule has 1 aromatic heterocycles. The lowest BCUT2D eigenvalue weighted by Crippen LogP contribution is -2.17. The van der Waals surface area contributed by atoms with Crippen LogP contribution in [0.4, 0.5) is 5.82 Å². The van der Waals surface area contributed by atoms with Crippen molar-refractivity contribution in [2.24, 2.45) is 0 Å². The number of ether oxygens (including phenoxy) is 1. The number of aromatic nitrogens is 2. The van der Waals surface area contributed by atoms with Crippen LogP contribution in [0.2, 0.25) is 0 Å². The molecule has 0 saturated heterocycles. The van der Waals surface area contributed by atoms with Crippen molar-refractivity contribution < 1.29 is 9.53 Å². The van der Waals surface area contributed by atoms with Crippen molar-refractivity contribution in [3.8, 4) is 5.75 Å². The summed E-state index contributed by atoms with van der Waals surface area (Å²) in [4.78, 5) is 12.7. The minimum absolute atomic E-state index is 0.211. The van der Waals surface area contributed by atoms with E-state index < -0.39 is 0 Å². The quantitative estimate of drug-likeness (QED) is 0.697. The first-order valence-corrected chi connectivity index (χ1v) is 8.84. The van der Waals surface area contributed by atoms with Crippen molar-refractivity contribution in [1.29, 1.82) is 0 Å². The highest BCUT2D eigenvalue weighted by Gasteiger charge is 2.14. The second-order valence-electron chi connectivity index (χ2n) is 5.93. The maximum absolute atomic E-state index is 12.7. The molecule has 1 N–H and O–H groups in total. The minimum atomic E-state index is -0.211. The first-order chi connectivity index (χ1) is 12.7. The van der Waals surface area contributed by atoms with Crippen molar-refractivity contribution in [3.63, 3.8) is 0 Å². The number of aryl methyl sites for hydroxylation is 1. The number of nitrogens with zero attached hydrogens (tertiary/aromatic N) is 2. The Morgan fingerprint density at radius 3 is 2.50 bits per heavy atom. The van der Waals surface area contributed by atoms with Gasteiger partial charge in [-0.1, -0.05) is 43.3 Å². The van der Waals surface area contributed by atoms with Crippen LogP contribution in [0.15, 0.2) is 60.8 Å². The molecule has 0 bridgehead atoms. The standard InChI is InChI=1S/C21H23N3O2/c1-3-16-9-11-17(12-10-16)15-24-20(13-14-22-24)23-21(25)18-7-5-6-8-19(18)26-4-2/h5-14H,3-4,15H2,1-2H3,(H,23,25). The van der Waals surface area contributed by atoms with Gasteiger partial charge in [-0.3, -0.25) is 4.79 Å². The van der Waals surface area contributed by atoms with Gasteiger partial charge < -0.3 is 10.1 Å². The highest BCUT2D eigenvalue weighted by atomic mass is 16.5. The molecular formula is C21H23N3O2. The summed E-state index contributed by atoms with van der Waals surface area (Å²) in [6.07, 6.45) is 2.70. The molecule has 1 amide bonds. The number of anilines is 1. The van der Waals surface area contributed by atoms with Crippen LogP contribution in [-0.2, 0) is 13.0 Å². The summed E-state index contributed by atoms with van der Waals surface area (Å²) in [5.41, 5.74) is 2.95. The second-order valence-corrected chi connectivity index (χ2v) is 5.93. The van der Waals surface area contributed by atoms with Gasteiger partial charge in [-0.25, -0.2) is 4.68 Å². The van der Waals surface area contributed by atoms with Gasteiger partial charge in [0.2, 0.25) is 0 Å². The van der Waals surface area contributed by atoms with E-state index >= 15 is 0 Å². The molecule has 26 heavy (non-hydrogen) atoms. The van der Waals surface area contributed by atoms with E-state index in [4.69, 9.17) is 4.74 Å². The van der Waals surface area contributed by atoms with Crippen LogP contribution >= 0.6 is 0 Å². The summed E-state index contributed by atoms with van der Waals surface area (Å²) in [7, 11) is 0. The average molecular weight is 349 g/mol. The summed E-state index contributed by atoms with van der Waals surface area (Å²) in [5.74, 6) is 1.02. The molecule has 5 heteroatoms. The third kappa shape index (κ3) is 4.11. The molecule has 0 saturated carbocycles. The molecule has 0 radical (unpaired) electrons. The zero-order chi connectivity index (χ0) is 18.4. The number of amides is 1. The molecular weight excluding hydrogens is 326 g/mol. The third-order valence-corrected chi connectivity index (χ3v) is 4.15. The van der Waals surface area contributed by atoms with Crippen molar-refractivity contribution in [2.75, 3.05) is 11.9 Å². The topological polar surface area (TPSA) is 56.1 Å². The predicted octanol–water partition coefficient (Wildman–Crippen LogP) is 4.14. The Morgan fingerprint density at radius 2 is 1.77 bits per heavy atom. The molecule has 0 aliphatic rings. The second kappa shape index (κ2) is 8.34. The van der Waals surface area contributed by atoms with Crippen molar-refractivity contribution >= 4 is 11.7 Å². The Bertz CT molecular complexity index is 869. The van der Waals surface area contributed by atoms with Crippen LogP contribution in [0.25, 0.3) is 0 Å².